The fourth-order valence-corrected chi connectivity index (χ4v) is 2.71. The van der Waals surface area contributed by atoms with Crippen molar-refractivity contribution in [3.05, 3.63) is 0 Å². The second kappa shape index (κ2) is 9.26. The number of piperidine rings is 1. The van der Waals surface area contributed by atoms with E-state index in [0.717, 1.165) is 38.6 Å². The number of rotatable bonds is 8. The predicted molar refractivity (Wildman–Crippen MR) is 89.7 cm³/mol. The fourth-order valence-electron chi connectivity index (χ4n) is 2.71. The summed E-state index contributed by atoms with van der Waals surface area (Å²) in [6, 6.07) is 0. The maximum Gasteiger partial charge on any atom is 0.188 e. The summed E-state index contributed by atoms with van der Waals surface area (Å²) in [7, 11) is 0. The van der Waals surface area contributed by atoms with E-state index in [1.165, 1.54) is 25.9 Å². The standard InChI is InChI=1S/C16H34N4O/c1-5-21-11-7-9-18-15(17)19-13-16(3,4)20-10-6-8-14(2)12-20/h14H,5-13H2,1-4H3,(H3,17,18,19). The number of nitrogens with two attached hydrogens (primary N) is 1. The minimum absolute atomic E-state index is 0.0757. The highest BCUT2D eigenvalue weighted by atomic mass is 16.5. The van der Waals surface area contributed by atoms with E-state index in [1.807, 2.05) is 6.92 Å². The van der Waals surface area contributed by atoms with Crippen LogP contribution in [0.4, 0.5) is 0 Å². The molecular formula is C16H34N4O. The Morgan fingerprint density at radius 1 is 1.48 bits per heavy atom. The van der Waals surface area contributed by atoms with Crippen molar-refractivity contribution < 1.29 is 4.74 Å². The number of ether oxygens (including phenoxy) is 1. The quantitative estimate of drug-likeness (QED) is 0.408. The van der Waals surface area contributed by atoms with Crippen LogP contribution >= 0.6 is 0 Å². The first-order valence-corrected chi connectivity index (χ1v) is 8.32. The third-order valence-electron chi connectivity index (χ3n) is 4.13. The third-order valence-corrected chi connectivity index (χ3v) is 4.13. The van der Waals surface area contributed by atoms with Gasteiger partial charge in [-0.1, -0.05) is 6.92 Å². The van der Waals surface area contributed by atoms with Crippen LogP contribution in [0.25, 0.3) is 0 Å². The molecule has 5 heteroatoms. The van der Waals surface area contributed by atoms with Crippen LogP contribution in [0.3, 0.4) is 0 Å². The molecule has 0 bridgehead atoms. The number of guanidine groups is 1. The average molecular weight is 298 g/mol. The Balaban J connectivity index is 2.31. The molecule has 1 aliphatic rings. The summed E-state index contributed by atoms with van der Waals surface area (Å²) in [6.07, 6.45) is 3.59. The number of nitrogens with one attached hydrogen (secondary N) is 1. The van der Waals surface area contributed by atoms with E-state index in [4.69, 9.17) is 10.5 Å². The van der Waals surface area contributed by atoms with Gasteiger partial charge in [-0.05, 0) is 52.5 Å². The second-order valence-electron chi connectivity index (χ2n) is 6.68. The zero-order valence-electron chi connectivity index (χ0n) is 14.3. The lowest BCUT2D eigenvalue weighted by Gasteiger charge is -2.42. The van der Waals surface area contributed by atoms with Gasteiger partial charge in [-0.3, -0.25) is 9.89 Å². The molecule has 1 unspecified atom stereocenters. The van der Waals surface area contributed by atoms with Gasteiger partial charge in [0, 0.05) is 31.8 Å². The van der Waals surface area contributed by atoms with Gasteiger partial charge in [0.05, 0.1) is 6.54 Å². The van der Waals surface area contributed by atoms with E-state index >= 15 is 0 Å². The minimum atomic E-state index is 0.0757. The van der Waals surface area contributed by atoms with E-state index in [9.17, 15) is 0 Å². The lowest BCUT2D eigenvalue weighted by molar-refractivity contribution is 0.0775. The second-order valence-corrected chi connectivity index (χ2v) is 6.68. The number of hydrogen-bond acceptors (Lipinski definition) is 3. The van der Waals surface area contributed by atoms with Gasteiger partial charge in [0.25, 0.3) is 0 Å². The Morgan fingerprint density at radius 3 is 2.90 bits per heavy atom. The molecule has 124 valence electrons. The molecule has 0 aliphatic carbocycles. The van der Waals surface area contributed by atoms with Crippen LogP contribution in [-0.2, 0) is 4.74 Å². The Hall–Kier alpha value is -0.810. The van der Waals surface area contributed by atoms with Crippen LogP contribution in [0.1, 0.15) is 47.0 Å². The minimum Gasteiger partial charge on any atom is -0.382 e. The molecule has 0 saturated carbocycles. The Bertz CT molecular complexity index is 317. The van der Waals surface area contributed by atoms with Crippen LogP contribution in [0.2, 0.25) is 0 Å². The molecule has 0 radical (unpaired) electrons. The smallest absolute Gasteiger partial charge is 0.188 e. The lowest BCUT2D eigenvalue weighted by atomic mass is 9.94. The van der Waals surface area contributed by atoms with E-state index < -0.39 is 0 Å². The highest BCUT2D eigenvalue weighted by molar-refractivity contribution is 5.77. The predicted octanol–water partition coefficient (Wildman–Crippen LogP) is 1.83. The van der Waals surface area contributed by atoms with Gasteiger partial charge in [-0.15, -0.1) is 0 Å². The van der Waals surface area contributed by atoms with Crippen LogP contribution < -0.4 is 11.1 Å². The first kappa shape index (κ1) is 18.2. The molecule has 21 heavy (non-hydrogen) atoms. The number of likely N-dealkylation sites (tertiary alicyclic amines) is 1. The van der Waals surface area contributed by atoms with Crippen molar-refractivity contribution in [3.8, 4) is 0 Å². The molecule has 1 heterocycles. The molecule has 0 amide bonds. The van der Waals surface area contributed by atoms with Gasteiger partial charge in [0.1, 0.15) is 0 Å². The van der Waals surface area contributed by atoms with Crippen LogP contribution in [0, 0.1) is 5.92 Å². The van der Waals surface area contributed by atoms with Crippen LogP contribution in [-0.4, -0.2) is 55.8 Å². The average Bonchev–Trinajstić information content (AvgIpc) is 2.45. The molecule has 1 aliphatic heterocycles. The van der Waals surface area contributed by atoms with Gasteiger partial charge < -0.3 is 15.8 Å². The molecule has 0 aromatic rings. The first-order valence-electron chi connectivity index (χ1n) is 8.32. The Morgan fingerprint density at radius 2 is 2.24 bits per heavy atom. The van der Waals surface area contributed by atoms with Crippen molar-refractivity contribution in [2.24, 2.45) is 16.6 Å². The maximum atomic E-state index is 5.93. The van der Waals surface area contributed by atoms with Gasteiger partial charge in [-0.25, -0.2) is 0 Å². The molecule has 1 atom stereocenters. The number of hydrogen-bond donors (Lipinski definition) is 2. The lowest BCUT2D eigenvalue weighted by Crippen LogP contribution is -2.51. The van der Waals surface area contributed by atoms with E-state index in [2.05, 4.69) is 36.0 Å². The third kappa shape index (κ3) is 7.14. The van der Waals surface area contributed by atoms with E-state index in [-0.39, 0.29) is 5.54 Å². The van der Waals surface area contributed by atoms with Crippen molar-refractivity contribution in [1.82, 2.24) is 10.2 Å². The molecule has 1 saturated heterocycles. The summed E-state index contributed by atoms with van der Waals surface area (Å²) >= 11 is 0. The fraction of sp³-hybridized carbons (Fsp3) is 0.938. The zero-order chi connectivity index (χ0) is 15.7. The SMILES string of the molecule is CCOCCCNC(N)=NCC(C)(C)N1CCCC(C)C1. The van der Waals surface area contributed by atoms with Crippen LogP contribution in [0.15, 0.2) is 4.99 Å². The highest BCUT2D eigenvalue weighted by Crippen LogP contribution is 2.23. The van der Waals surface area contributed by atoms with E-state index in [0.29, 0.717) is 5.96 Å². The zero-order valence-corrected chi connectivity index (χ0v) is 14.3. The monoisotopic (exact) mass is 298 g/mol. The Labute approximate surface area is 130 Å². The maximum absolute atomic E-state index is 5.93. The summed E-state index contributed by atoms with van der Waals surface area (Å²) in [6.45, 7) is 14.3. The van der Waals surface area contributed by atoms with E-state index in [1.54, 1.807) is 0 Å². The van der Waals surface area contributed by atoms with Gasteiger partial charge in [0.15, 0.2) is 5.96 Å². The molecule has 0 aromatic heterocycles. The molecule has 0 spiro atoms. The van der Waals surface area contributed by atoms with Gasteiger partial charge in [-0.2, -0.15) is 0 Å². The topological polar surface area (TPSA) is 62.9 Å². The molecular weight excluding hydrogens is 264 g/mol. The number of nitrogens with zero attached hydrogens (tertiary/aromatic N) is 2. The first-order chi connectivity index (χ1) is 9.95. The van der Waals surface area contributed by atoms with Crippen molar-refractivity contribution in [2.45, 2.75) is 52.5 Å². The van der Waals surface area contributed by atoms with Gasteiger partial charge >= 0.3 is 0 Å². The van der Waals surface area contributed by atoms with Gasteiger partial charge in [0.2, 0.25) is 0 Å². The molecule has 5 nitrogen and oxygen atoms in total. The van der Waals surface area contributed by atoms with Crippen molar-refractivity contribution in [1.29, 1.82) is 0 Å². The summed E-state index contributed by atoms with van der Waals surface area (Å²) < 4.78 is 5.29. The molecule has 1 fully saturated rings. The van der Waals surface area contributed by atoms with Crippen molar-refractivity contribution in [2.75, 3.05) is 39.4 Å². The normalized spacial score (nSPS) is 21.5. The summed E-state index contributed by atoms with van der Waals surface area (Å²) in [5, 5.41) is 3.16. The van der Waals surface area contributed by atoms with Crippen molar-refractivity contribution in [3.63, 3.8) is 0 Å². The number of aliphatic imine (C=N–C) groups is 1. The van der Waals surface area contributed by atoms with Crippen molar-refractivity contribution >= 4 is 5.96 Å². The largest absolute Gasteiger partial charge is 0.382 e. The summed E-state index contributed by atoms with van der Waals surface area (Å²) in [4.78, 5) is 7.06. The molecule has 3 N–H and O–H groups in total. The highest BCUT2D eigenvalue weighted by Gasteiger charge is 2.29. The molecule has 1 rings (SSSR count). The van der Waals surface area contributed by atoms with Crippen LogP contribution in [0.5, 0.6) is 0 Å². The Kier molecular flexibility index (Phi) is 8.04. The molecule has 0 aromatic carbocycles. The summed E-state index contributed by atoms with van der Waals surface area (Å²) in [5.41, 5.74) is 6.01. The summed E-state index contributed by atoms with van der Waals surface area (Å²) in [5.74, 6) is 1.33.